The van der Waals surface area contributed by atoms with Gasteiger partial charge >= 0.3 is 0 Å². The maximum Gasteiger partial charge on any atom is 0.248 e. The van der Waals surface area contributed by atoms with Crippen molar-refractivity contribution in [1.82, 2.24) is 10.6 Å². The van der Waals surface area contributed by atoms with E-state index in [2.05, 4.69) is 38.0 Å². The smallest absolute Gasteiger partial charge is 0.248 e. The SMILES string of the molecule is C=C(C)[C@H](NC(=O)C1=CC[C@H](C)NC1)C(C)C. The fourth-order valence-electron chi connectivity index (χ4n) is 2.02. The van der Waals surface area contributed by atoms with Gasteiger partial charge in [-0.2, -0.15) is 0 Å². The third-order valence-corrected chi connectivity index (χ3v) is 3.13. The maximum atomic E-state index is 12.1. The van der Waals surface area contributed by atoms with Gasteiger partial charge in [0, 0.05) is 18.2 Å². The highest BCUT2D eigenvalue weighted by Gasteiger charge is 2.20. The molecule has 0 aliphatic carbocycles. The van der Waals surface area contributed by atoms with Crippen LogP contribution in [0.4, 0.5) is 0 Å². The number of hydrogen-bond donors (Lipinski definition) is 2. The van der Waals surface area contributed by atoms with E-state index < -0.39 is 0 Å². The van der Waals surface area contributed by atoms with E-state index in [1.807, 2.05) is 13.0 Å². The van der Waals surface area contributed by atoms with E-state index >= 15 is 0 Å². The second kappa shape index (κ2) is 6.01. The molecule has 3 heteroatoms. The summed E-state index contributed by atoms with van der Waals surface area (Å²) in [7, 11) is 0. The minimum atomic E-state index is 0.0334. The topological polar surface area (TPSA) is 41.1 Å². The number of rotatable bonds is 4. The van der Waals surface area contributed by atoms with Crippen LogP contribution >= 0.6 is 0 Å². The highest BCUT2D eigenvalue weighted by Crippen LogP contribution is 2.12. The van der Waals surface area contributed by atoms with Crippen LogP contribution in [0.2, 0.25) is 0 Å². The first kappa shape index (κ1) is 14.0. The van der Waals surface area contributed by atoms with Gasteiger partial charge < -0.3 is 10.6 Å². The maximum absolute atomic E-state index is 12.1. The predicted molar refractivity (Wildman–Crippen MR) is 71.7 cm³/mol. The van der Waals surface area contributed by atoms with E-state index in [9.17, 15) is 4.79 Å². The summed E-state index contributed by atoms with van der Waals surface area (Å²) < 4.78 is 0. The van der Waals surface area contributed by atoms with Crippen molar-refractivity contribution in [2.45, 2.75) is 46.2 Å². The number of nitrogens with one attached hydrogen (secondary N) is 2. The number of carbonyl (C=O) groups is 1. The second-order valence-electron chi connectivity index (χ2n) is 5.29. The molecule has 1 aliphatic rings. The van der Waals surface area contributed by atoms with Gasteiger partial charge in [0.15, 0.2) is 0 Å². The molecule has 0 saturated heterocycles. The second-order valence-corrected chi connectivity index (χ2v) is 5.29. The third-order valence-electron chi connectivity index (χ3n) is 3.13. The highest BCUT2D eigenvalue weighted by molar-refractivity contribution is 5.94. The van der Waals surface area contributed by atoms with Crippen LogP contribution in [0.25, 0.3) is 0 Å². The van der Waals surface area contributed by atoms with Gasteiger partial charge in [0.1, 0.15) is 0 Å². The van der Waals surface area contributed by atoms with E-state index in [1.54, 1.807) is 0 Å². The van der Waals surface area contributed by atoms with Crippen LogP contribution < -0.4 is 10.6 Å². The van der Waals surface area contributed by atoms with Crippen molar-refractivity contribution in [1.29, 1.82) is 0 Å². The molecule has 2 atom stereocenters. The van der Waals surface area contributed by atoms with Crippen molar-refractivity contribution in [3.05, 3.63) is 23.8 Å². The molecule has 1 amide bonds. The molecule has 2 N–H and O–H groups in total. The molecule has 96 valence electrons. The third kappa shape index (κ3) is 4.00. The summed E-state index contributed by atoms with van der Waals surface area (Å²) in [5.41, 5.74) is 1.85. The van der Waals surface area contributed by atoms with Crippen molar-refractivity contribution in [2.75, 3.05) is 6.54 Å². The van der Waals surface area contributed by atoms with Crippen LogP contribution in [0, 0.1) is 5.92 Å². The molecular formula is C14H24N2O. The first-order chi connectivity index (χ1) is 7.91. The monoisotopic (exact) mass is 236 g/mol. The van der Waals surface area contributed by atoms with Gasteiger partial charge in [-0.05, 0) is 26.2 Å². The van der Waals surface area contributed by atoms with E-state index in [-0.39, 0.29) is 11.9 Å². The quantitative estimate of drug-likeness (QED) is 0.733. The molecule has 0 aromatic rings. The molecular weight excluding hydrogens is 212 g/mol. The number of amides is 1. The normalized spacial score (nSPS) is 21.9. The Morgan fingerprint density at radius 3 is 2.65 bits per heavy atom. The molecule has 1 heterocycles. The molecule has 1 rings (SSSR count). The molecule has 0 bridgehead atoms. The molecule has 0 fully saturated rings. The average molecular weight is 236 g/mol. The van der Waals surface area contributed by atoms with E-state index in [1.165, 1.54) is 0 Å². The molecule has 17 heavy (non-hydrogen) atoms. The lowest BCUT2D eigenvalue weighted by atomic mass is 9.97. The van der Waals surface area contributed by atoms with Crippen molar-refractivity contribution in [3.63, 3.8) is 0 Å². The molecule has 0 aromatic heterocycles. The van der Waals surface area contributed by atoms with Crippen LogP contribution in [-0.4, -0.2) is 24.5 Å². The van der Waals surface area contributed by atoms with Crippen molar-refractivity contribution in [3.8, 4) is 0 Å². The predicted octanol–water partition coefficient (Wildman–Crippen LogP) is 2.01. The highest BCUT2D eigenvalue weighted by atomic mass is 16.1. The van der Waals surface area contributed by atoms with Gasteiger partial charge in [-0.1, -0.05) is 32.1 Å². The van der Waals surface area contributed by atoms with Crippen molar-refractivity contribution < 1.29 is 4.79 Å². The fourth-order valence-corrected chi connectivity index (χ4v) is 2.02. The molecule has 0 unspecified atom stereocenters. The van der Waals surface area contributed by atoms with Crippen LogP contribution in [0.1, 0.15) is 34.1 Å². The molecule has 0 spiro atoms. The first-order valence-corrected chi connectivity index (χ1v) is 6.30. The van der Waals surface area contributed by atoms with Crippen LogP contribution in [0.5, 0.6) is 0 Å². The van der Waals surface area contributed by atoms with E-state index in [0.717, 1.165) is 17.6 Å². The fraction of sp³-hybridized carbons (Fsp3) is 0.643. The summed E-state index contributed by atoms with van der Waals surface area (Å²) in [6.45, 7) is 12.9. The van der Waals surface area contributed by atoms with Crippen molar-refractivity contribution in [2.24, 2.45) is 5.92 Å². The summed E-state index contributed by atoms with van der Waals surface area (Å²) in [4.78, 5) is 12.1. The van der Waals surface area contributed by atoms with Crippen LogP contribution in [0.3, 0.4) is 0 Å². The molecule has 1 aliphatic heterocycles. The Bertz CT molecular complexity index is 331. The first-order valence-electron chi connectivity index (χ1n) is 6.30. The summed E-state index contributed by atoms with van der Waals surface area (Å²) in [5.74, 6) is 0.402. The van der Waals surface area contributed by atoms with Gasteiger partial charge in [-0.3, -0.25) is 4.79 Å². The Kier molecular flexibility index (Phi) is 4.94. The van der Waals surface area contributed by atoms with Gasteiger partial charge in [0.05, 0.1) is 6.04 Å². The molecule has 0 radical (unpaired) electrons. The van der Waals surface area contributed by atoms with E-state index in [4.69, 9.17) is 0 Å². The lowest BCUT2D eigenvalue weighted by Gasteiger charge is -2.25. The van der Waals surface area contributed by atoms with Gasteiger partial charge in [0.25, 0.3) is 0 Å². The molecule has 3 nitrogen and oxygen atoms in total. The van der Waals surface area contributed by atoms with E-state index in [0.29, 0.717) is 18.5 Å². The average Bonchev–Trinajstić information content (AvgIpc) is 2.25. The zero-order valence-electron chi connectivity index (χ0n) is 11.3. The largest absolute Gasteiger partial charge is 0.346 e. The summed E-state index contributed by atoms with van der Waals surface area (Å²) in [6, 6.07) is 0.524. The summed E-state index contributed by atoms with van der Waals surface area (Å²) >= 11 is 0. The lowest BCUT2D eigenvalue weighted by Crippen LogP contribution is -2.43. The van der Waals surface area contributed by atoms with Crippen LogP contribution in [0.15, 0.2) is 23.8 Å². The molecule has 0 saturated carbocycles. The Morgan fingerprint density at radius 2 is 2.24 bits per heavy atom. The minimum Gasteiger partial charge on any atom is -0.346 e. The Hall–Kier alpha value is -1.09. The summed E-state index contributed by atoms with van der Waals surface area (Å²) in [5, 5.41) is 6.35. The zero-order chi connectivity index (χ0) is 13.0. The van der Waals surface area contributed by atoms with Gasteiger partial charge in [-0.15, -0.1) is 0 Å². The Balaban J connectivity index is 2.62. The number of hydrogen-bond acceptors (Lipinski definition) is 2. The van der Waals surface area contributed by atoms with Crippen LogP contribution in [-0.2, 0) is 4.79 Å². The van der Waals surface area contributed by atoms with Gasteiger partial charge in [-0.25, -0.2) is 0 Å². The Labute approximate surface area is 104 Å². The molecule has 0 aromatic carbocycles. The van der Waals surface area contributed by atoms with Crippen molar-refractivity contribution >= 4 is 5.91 Å². The minimum absolute atomic E-state index is 0.0334. The Morgan fingerprint density at radius 1 is 1.59 bits per heavy atom. The lowest BCUT2D eigenvalue weighted by molar-refractivity contribution is -0.118. The summed E-state index contributed by atoms with van der Waals surface area (Å²) in [6.07, 6.45) is 2.95. The van der Waals surface area contributed by atoms with Gasteiger partial charge in [0.2, 0.25) is 5.91 Å². The zero-order valence-corrected chi connectivity index (χ0v) is 11.3. The number of carbonyl (C=O) groups excluding carboxylic acids is 1. The standard InChI is InChI=1S/C14H24N2O/c1-9(2)13(10(3)4)16-14(17)12-7-6-11(5)15-8-12/h7,10-11,13,15H,1,6,8H2,2-5H3,(H,16,17)/t11-,13-/m0/s1.